The number of nitriles is 2. The van der Waals surface area contributed by atoms with Crippen molar-refractivity contribution in [2.24, 2.45) is 0 Å². The normalized spacial score (nSPS) is 12.6. The minimum atomic E-state index is -0.188. The van der Waals surface area contributed by atoms with Gasteiger partial charge >= 0.3 is 0 Å². The van der Waals surface area contributed by atoms with Crippen LogP contribution in [0, 0.1) is 50.4 Å². The number of hydrogen-bond acceptors (Lipinski definition) is 5. The van der Waals surface area contributed by atoms with Crippen LogP contribution in [0.4, 0.5) is 0 Å². The van der Waals surface area contributed by atoms with Crippen LogP contribution in [-0.2, 0) is 0 Å². The van der Waals surface area contributed by atoms with Crippen LogP contribution in [0.3, 0.4) is 0 Å². The maximum atomic E-state index is 9.68. The molecule has 3 heterocycles. The second kappa shape index (κ2) is 5.86. The molecule has 0 spiro atoms. The lowest BCUT2D eigenvalue weighted by atomic mass is 9.34. The van der Waals surface area contributed by atoms with E-state index in [1.807, 2.05) is 13.8 Å². The number of ether oxygens (including phenoxy) is 2. The Labute approximate surface area is 169 Å². The summed E-state index contributed by atoms with van der Waals surface area (Å²) >= 11 is 0. The van der Waals surface area contributed by atoms with Crippen molar-refractivity contribution in [3.05, 3.63) is 57.9 Å². The van der Waals surface area contributed by atoms with E-state index in [0.717, 1.165) is 44.7 Å². The zero-order chi connectivity index (χ0) is 20.4. The van der Waals surface area contributed by atoms with Crippen molar-refractivity contribution in [1.29, 1.82) is 10.5 Å². The van der Waals surface area contributed by atoms with Crippen LogP contribution in [0.25, 0.3) is 0 Å². The highest BCUT2D eigenvalue weighted by atomic mass is 16.5. The summed E-state index contributed by atoms with van der Waals surface area (Å²) in [5.74, 6) is 2.26. The zero-order valence-electron chi connectivity index (χ0n) is 16.5. The summed E-state index contributed by atoms with van der Waals surface area (Å²) < 4.78 is 12.5. The predicted octanol–water partition coefficient (Wildman–Crippen LogP) is 2.79. The number of pyridine rings is 1. The summed E-state index contributed by atoms with van der Waals surface area (Å²) in [4.78, 5) is 4.23. The molecule has 0 atom stereocenters. The van der Waals surface area contributed by atoms with Gasteiger partial charge in [0, 0.05) is 5.46 Å². The summed E-state index contributed by atoms with van der Waals surface area (Å²) in [6.45, 7) is 7.93. The molecule has 6 heteroatoms. The van der Waals surface area contributed by atoms with E-state index in [2.05, 4.69) is 55.2 Å². The van der Waals surface area contributed by atoms with Gasteiger partial charge in [-0.1, -0.05) is 35.4 Å². The summed E-state index contributed by atoms with van der Waals surface area (Å²) in [6.07, 6.45) is 0. The monoisotopic (exact) mass is 377 g/mol. The van der Waals surface area contributed by atoms with Gasteiger partial charge in [-0.2, -0.15) is 10.5 Å². The Balaban J connectivity index is 1.96. The van der Waals surface area contributed by atoms with Crippen LogP contribution in [0.15, 0.2) is 24.3 Å². The van der Waals surface area contributed by atoms with Gasteiger partial charge in [-0.25, -0.2) is 4.98 Å². The number of aromatic nitrogens is 1. The maximum Gasteiger partial charge on any atom is 0.261 e. The molecule has 3 aromatic rings. The van der Waals surface area contributed by atoms with Crippen molar-refractivity contribution in [2.45, 2.75) is 27.7 Å². The van der Waals surface area contributed by atoms with Crippen molar-refractivity contribution in [3.63, 3.8) is 0 Å². The van der Waals surface area contributed by atoms with E-state index >= 15 is 0 Å². The van der Waals surface area contributed by atoms with E-state index in [1.54, 1.807) is 0 Å². The molecule has 5 rings (SSSR count). The van der Waals surface area contributed by atoms with E-state index in [4.69, 9.17) is 9.47 Å². The molecule has 2 aliphatic heterocycles. The van der Waals surface area contributed by atoms with Gasteiger partial charge in [0.05, 0.1) is 0 Å². The lowest BCUT2D eigenvalue weighted by Gasteiger charge is -2.34. The Morgan fingerprint density at radius 2 is 1.17 bits per heavy atom. The fourth-order valence-electron chi connectivity index (χ4n) is 4.56. The number of fused-ring (bicyclic) bond motifs is 4. The van der Waals surface area contributed by atoms with Crippen molar-refractivity contribution < 1.29 is 9.47 Å². The molecule has 0 fully saturated rings. The maximum absolute atomic E-state index is 9.68. The molecule has 138 valence electrons. The first-order valence-electron chi connectivity index (χ1n) is 9.39. The van der Waals surface area contributed by atoms with Crippen LogP contribution in [-0.4, -0.2) is 11.7 Å². The standard InChI is InChI=1S/C23H16BN3O2/c1-11-5-13(3)20-15(7-11)24-16-8-12(2)6-14(4)21(16)29-23-18(10-26)27-17(9-25)22(28-20)19(23)24/h5-8H,1-4H3. The average molecular weight is 377 g/mol. The van der Waals surface area contributed by atoms with Gasteiger partial charge in [-0.3, -0.25) is 0 Å². The van der Waals surface area contributed by atoms with Crippen molar-refractivity contribution >= 4 is 23.1 Å². The van der Waals surface area contributed by atoms with E-state index in [-0.39, 0.29) is 18.1 Å². The molecule has 2 aromatic carbocycles. The minimum absolute atomic E-state index is 0.104. The van der Waals surface area contributed by atoms with E-state index in [1.165, 1.54) is 0 Å². The number of nitrogens with zero attached hydrogens (tertiary/aromatic N) is 3. The van der Waals surface area contributed by atoms with Gasteiger partial charge in [-0.15, -0.1) is 0 Å². The Morgan fingerprint density at radius 1 is 0.724 bits per heavy atom. The summed E-state index contributed by atoms with van der Waals surface area (Å²) in [5, 5.41) is 19.4. The highest BCUT2D eigenvalue weighted by Crippen LogP contribution is 2.39. The minimum Gasteiger partial charge on any atom is -0.455 e. The Hall–Kier alpha value is -3.77. The predicted molar refractivity (Wildman–Crippen MR) is 110 cm³/mol. The lowest BCUT2D eigenvalue weighted by molar-refractivity contribution is 0.454. The third-order valence-electron chi connectivity index (χ3n) is 5.57. The first-order chi connectivity index (χ1) is 13.9. The van der Waals surface area contributed by atoms with E-state index in [0.29, 0.717) is 17.0 Å². The first kappa shape index (κ1) is 17.3. The SMILES string of the molecule is Cc1cc(C)c2c(c1)B1c3cc(C)cc(C)c3Oc3c(C#N)nc(C#N)c(c31)O2. The van der Waals surface area contributed by atoms with Gasteiger partial charge in [0.1, 0.15) is 23.6 Å². The van der Waals surface area contributed by atoms with Crippen LogP contribution in [0.2, 0.25) is 0 Å². The first-order valence-corrected chi connectivity index (χ1v) is 9.39. The molecule has 0 saturated heterocycles. The van der Waals surface area contributed by atoms with Crippen LogP contribution in [0.1, 0.15) is 33.6 Å². The van der Waals surface area contributed by atoms with Crippen molar-refractivity contribution in [3.8, 4) is 35.1 Å². The van der Waals surface area contributed by atoms with Crippen LogP contribution in [0.5, 0.6) is 23.0 Å². The van der Waals surface area contributed by atoms with Gasteiger partial charge in [0.25, 0.3) is 6.71 Å². The quantitative estimate of drug-likeness (QED) is 0.388. The van der Waals surface area contributed by atoms with Gasteiger partial charge in [0.15, 0.2) is 22.9 Å². The molecule has 0 N–H and O–H groups in total. The number of rotatable bonds is 0. The summed E-state index contributed by atoms with van der Waals surface area (Å²) in [6, 6.07) is 12.5. The second-order valence-corrected chi connectivity index (χ2v) is 7.74. The Kier molecular flexibility index (Phi) is 3.51. The topological polar surface area (TPSA) is 78.9 Å². The zero-order valence-corrected chi connectivity index (χ0v) is 16.5. The van der Waals surface area contributed by atoms with Gasteiger partial charge < -0.3 is 9.47 Å². The molecule has 0 aliphatic carbocycles. The summed E-state index contributed by atoms with van der Waals surface area (Å²) in [5.41, 5.74) is 7.21. The van der Waals surface area contributed by atoms with Crippen LogP contribution >= 0.6 is 0 Å². The van der Waals surface area contributed by atoms with Crippen LogP contribution < -0.4 is 25.9 Å². The molecule has 5 nitrogen and oxygen atoms in total. The second-order valence-electron chi connectivity index (χ2n) is 7.74. The summed E-state index contributed by atoms with van der Waals surface area (Å²) in [7, 11) is 0. The average Bonchev–Trinajstić information content (AvgIpc) is 2.68. The van der Waals surface area contributed by atoms with E-state index < -0.39 is 0 Å². The van der Waals surface area contributed by atoms with Crippen molar-refractivity contribution in [1.82, 2.24) is 4.98 Å². The fraction of sp³-hybridized carbons (Fsp3) is 0.174. The molecule has 0 amide bonds. The molecule has 0 radical (unpaired) electrons. The fourth-order valence-corrected chi connectivity index (χ4v) is 4.56. The molecule has 29 heavy (non-hydrogen) atoms. The third-order valence-corrected chi connectivity index (χ3v) is 5.57. The molecule has 0 bridgehead atoms. The highest BCUT2D eigenvalue weighted by Gasteiger charge is 2.44. The molecule has 2 aliphatic rings. The molecule has 0 unspecified atom stereocenters. The number of aryl methyl sites for hydroxylation is 4. The smallest absolute Gasteiger partial charge is 0.261 e. The number of hydrogen-bond donors (Lipinski definition) is 0. The molecule has 1 aromatic heterocycles. The van der Waals surface area contributed by atoms with E-state index in [9.17, 15) is 10.5 Å². The molecule has 0 saturated carbocycles. The largest absolute Gasteiger partial charge is 0.455 e. The third kappa shape index (κ3) is 2.30. The lowest BCUT2D eigenvalue weighted by Crippen LogP contribution is -2.58. The molecular weight excluding hydrogens is 361 g/mol. The van der Waals surface area contributed by atoms with Crippen molar-refractivity contribution in [2.75, 3.05) is 0 Å². The Bertz CT molecular complexity index is 1230. The number of benzene rings is 2. The Morgan fingerprint density at radius 3 is 1.59 bits per heavy atom. The highest BCUT2D eigenvalue weighted by molar-refractivity contribution is 6.98. The van der Waals surface area contributed by atoms with Gasteiger partial charge in [0.2, 0.25) is 0 Å². The molecular formula is C23H16BN3O2. The van der Waals surface area contributed by atoms with Gasteiger partial charge in [-0.05, 0) is 49.7 Å².